The molecule has 3 aromatic rings. The van der Waals surface area contributed by atoms with Crippen molar-refractivity contribution in [3.8, 4) is 11.1 Å². The number of aromatic amines is 1. The summed E-state index contributed by atoms with van der Waals surface area (Å²) in [6.07, 6.45) is 0. The van der Waals surface area contributed by atoms with Gasteiger partial charge in [-0.1, -0.05) is 29.8 Å². The first-order valence-corrected chi connectivity index (χ1v) is 7.72. The Morgan fingerprint density at radius 2 is 2.00 bits per heavy atom. The smallest absolute Gasteiger partial charge is 0.263 e. The Morgan fingerprint density at radius 1 is 1.30 bits per heavy atom. The summed E-state index contributed by atoms with van der Waals surface area (Å²) in [5.41, 5.74) is 3.23. The number of fused-ring (bicyclic) bond motifs is 1. The van der Waals surface area contributed by atoms with Crippen molar-refractivity contribution in [3.05, 3.63) is 50.3 Å². The summed E-state index contributed by atoms with van der Waals surface area (Å²) < 4.78 is 2.09. The highest BCUT2D eigenvalue weighted by atomic mass is 32.1. The second kappa shape index (κ2) is 5.00. The Morgan fingerprint density at radius 3 is 2.65 bits per heavy atom. The first-order chi connectivity index (χ1) is 9.61. The van der Waals surface area contributed by atoms with Gasteiger partial charge in [-0.2, -0.15) is 0 Å². The van der Waals surface area contributed by atoms with E-state index in [2.05, 4.69) is 24.0 Å². The van der Waals surface area contributed by atoms with E-state index < -0.39 is 0 Å². The van der Waals surface area contributed by atoms with Crippen LogP contribution in [-0.4, -0.2) is 9.55 Å². The number of hydrogen-bond acceptors (Lipinski definition) is 3. The Balaban J connectivity index is 2.36. The van der Waals surface area contributed by atoms with Gasteiger partial charge in [0.05, 0.1) is 5.39 Å². The number of rotatable bonds is 2. The largest absolute Gasteiger partial charge is 0.323 e. The first kappa shape index (κ1) is 13.3. The normalized spacial score (nSPS) is 11.1. The van der Waals surface area contributed by atoms with Gasteiger partial charge in [0.25, 0.3) is 5.56 Å². The molecule has 0 radical (unpaired) electrons. The van der Waals surface area contributed by atoms with E-state index in [0.29, 0.717) is 11.3 Å². The zero-order valence-electron chi connectivity index (χ0n) is 11.3. The van der Waals surface area contributed by atoms with Gasteiger partial charge in [0, 0.05) is 17.5 Å². The molecule has 0 aliphatic carbocycles. The van der Waals surface area contributed by atoms with Gasteiger partial charge in [0.1, 0.15) is 4.83 Å². The predicted molar refractivity (Wildman–Crippen MR) is 87.1 cm³/mol. The maximum absolute atomic E-state index is 12.6. The van der Waals surface area contributed by atoms with E-state index in [1.165, 1.54) is 16.9 Å². The average Bonchev–Trinajstić information content (AvgIpc) is 2.84. The molecule has 0 aliphatic rings. The third-order valence-corrected chi connectivity index (χ3v) is 4.61. The lowest BCUT2D eigenvalue weighted by molar-refractivity contribution is 0.706. The van der Waals surface area contributed by atoms with Gasteiger partial charge in [-0.25, -0.2) is 0 Å². The second-order valence-electron chi connectivity index (χ2n) is 4.70. The minimum Gasteiger partial charge on any atom is -0.323 e. The monoisotopic (exact) mass is 302 g/mol. The maximum Gasteiger partial charge on any atom is 0.263 e. The average molecular weight is 302 g/mol. The summed E-state index contributed by atoms with van der Waals surface area (Å²) in [4.78, 5) is 16.6. The molecule has 0 unspecified atom stereocenters. The molecule has 0 aliphatic heterocycles. The van der Waals surface area contributed by atoms with Gasteiger partial charge in [-0.15, -0.1) is 11.3 Å². The molecule has 0 bridgehead atoms. The van der Waals surface area contributed by atoms with Crippen molar-refractivity contribution in [1.82, 2.24) is 9.55 Å². The predicted octanol–water partition coefficient (Wildman–Crippen LogP) is 4.12. The SMILES string of the molecule is CCn1c(=S)[nH]c2scc(-c3ccc(C)cc3)c2c1=O. The summed E-state index contributed by atoms with van der Waals surface area (Å²) >= 11 is 6.75. The van der Waals surface area contributed by atoms with E-state index in [-0.39, 0.29) is 5.56 Å². The van der Waals surface area contributed by atoms with Crippen LogP contribution in [0.25, 0.3) is 21.3 Å². The van der Waals surface area contributed by atoms with Crippen molar-refractivity contribution in [2.75, 3.05) is 0 Å². The number of benzene rings is 1. The molecule has 20 heavy (non-hydrogen) atoms. The molecule has 3 nitrogen and oxygen atoms in total. The molecule has 2 heterocycles. The zero-order chi connectivity index (χ0) is 14.3. The molecular formula is C15H14N2OS2. The minimum absolute atomic E-state index is 0.0110. The van der Waals surface area contributed by atoms with Crippen LogP contribution in [0.4, 0.5) is 0 Å². The van der Waals surface area contributed by atoms with Crippen LogP contribution in [0.3, 0.4) is 0 Å². The van der Waals surface area contributed by atoms with E-state index in [1.807, 2.05) is 24.4 Å². The molecule has 3 rings (SSSR count). The van der Waals surface area contributed by atoms with Crippen LogP contribution < -0.4 is 5.56 Å². The summed E-state index contributed by atoms with van der Waals surface area (Å²) in [7, 11) is 0. The lowest BCUT2D eigenvalue weighted by atomic mass is 10.1. The molecule has 102 valence electrons. The summed E-state index contributed by atoms with van der Waals surface area (Å²) in [6, 6.07) is 8.22. The lowest BCUT2D eigenvalue weighted by Gasteiger charge is -2.04. The standard InChI is InChI=1S/C15H14N2OS2/c1-3-17-14(18)12-11(8-20-13(12)16-15(17)19)10-6-4-9(2)5-7-10/h4-8H,3H2,1-2H3,(H,16,19). The van der Waals surface area contributed by atoms with E-state index in [9.17, 15) is 4.79 Å². The van der Waals surface area contributed by atoms with Crippen LogP contribution in [0, 0.1) is 11.7 Å². The van der Waals surface area contributed by atoms with Crippen LogP contribution in [0.2, 0.25) is 0 Å². The molecule has 5 heteroatoms. The van der Waals surface area contributed by atoms with Crippen molar-refractivity contribution in [3.63, 3.8) is 0 Å². The lowest BCUT2D eigenvalue weighted by Crippen LogP contribution is -2.20. The van der Waals surface area contributed by atoms with Gasteiger partial charge in [0.2, 0.25) is 0 Å². The van der Waals surface area contributed by atoms with Gasteiger partial charge in [0.15, 0.2) is 4.77 Å². The zero-order valence-corrected chi connectivity index (χ0v) is 12.9. The van der Waals surface area contributed by atoms with Crippen molar-refractivity contribution >= 4 is 33.8 Å². The number of nitrogens with zero attached hydrogens (tertiary/aromatic N) is 1. The molecule has 0 fully saturated rings. The van der Waals surface area contributed by atoms with Gasteiger partial charge in [-0.3, -0.25) is 9.36 Å². The highest BCUT2D eigenvalue weighted by Crippen LogP contribution is 2.30. The fraction of sp³-hybridized carbons (Fsp3) is 0.200. The van der Waals surface area contributed by atoms with Crippen LogP contribution in [0.1, 0.15) is 12.5 Å². The first-order valence-electron chi connectivity index (χ1n) is 6.43. The summed E-state index contributed by atoms with van der Waals surface area (Å²) in [5, 5.41) is 2.75. The van der Waals surface area contributed by atoms with Crippen molar-refractivity contribution in [2.24, 2.45) is 0 Å². The molecule has 1 aromatic carbocycles. The van der Waals surface area contributed by atoms with E-state index >= 15 is 0 Å². The van der Waals surface area contributed by atoms with Crippen LogP contribution in [0.5, 0.6) is 0 Å². The van der Waals surface area contributed by atoms with Crippen LogP contribution >= 0.6 is 23.6 Å². The van der Waals surface area contributed by atoms with Gasteiger partial charge < -0.3 is 4.98 Å². The topological polar surface area (TPSA) is 37.8 Å². The van der Waals surface area contributed by atoms with Crippen LogP contribution in [0.15, 0.2) is 34.4 Å². The molecule has 1 N–H and O–H groups in total. The number of hydrogen-bond donors (Lipinski definition) is 1. The Labute approximate surface area is 125 Å². The van der Waals surface area contributed by atoms with E-state index in [1.54, 1.807) is 4.57 Å². The molecule has 0 saturated carbocycles. The number of thiophene rings is 1. The highest BCUT2D eigenvalue weighted by molar-refractivity contribution is 7.71. The quantitative estimate of drug-likeness (QED) is 0.723. The molecule has 0 saturated heterocycles. The Hall–Kier alpha value is -1.72. The van der Waals surface area contributed by atoms with E-state index in [4.69, 9.17) is 12.2 Å². The second-order valence-corrected chi connectivity index (χ2v) is 5.97. The Kier molecular flexibility index (Phi) is 3.31. The van der Waals surface area contributed by atoms with Crippen molar-refractivity contribution < 1.29 is 0 Å². The highest BCUT2D eigenvalue weighted by Gasteiger charge is 2.12. The minimum atomic E-state index is -0.0110. The number of H-pyrrole nitrogens is 1. The third kappa shape index (κ3) is 2.03. The fourth-order valence-corrected chi connectivity index (χ4v) is 3.63. The van der Waals surface area contributed by atoms with Gasteiger partial charge >= 0.3 is 0 Å². The molecular weight excluding hydrogens is 288 g/mol. The number of aromatic nitrogens is 2. The van der Waals surface area contributed by atoms with Gasteiger partial charge in [-0.05, 0) is 31.6 Å². The van der Waals surface area contributed by atoms with E-state index in [0.717, 1.165) is 21.3 Å². The number of nitrogens with one attached hydrogen (secondary N) is 1. The maximum atomic E-state index is 12.6. The molecule has 0 spiro atoms. The molecule has 0 amide bonds. The van der Waals surface area contributed by atoms with Crippen LogP contribution in [-0.2, 0) is 6.54 Å². The van der Waals surface area contributed by atoms with Crippen molar-refractivity contribution in [1.29, 1.82) is 0 Å². The Bertz CT molecular complexity index is 885. The summed E-state index contributed by atoms with van der Waals surface area (Å²) in [5.74, 6) is 0. The molecule has 2 aromatic heterocycles. The van der Waals surface area contributed by atoms with Crippen molar-refractivity contribution in [2.45, 2.75) is 20.4 Å². The molecule has 0 atom stereocenters. The third-order valence-electron chi connectivity index (χ3n) is 3.39. The fourth-order valence-electron chi connectivity index (χ4n) is 2.29. The number of aryl methyl sites for hydroxylation is 1. The summed E-state index contributed by atoms with van der Waals surface area (Å²) in [6.45, 7) is 4.55.